The molecule has 0 unspecified atom stereocenters. The number of nitrogens with one attached hydrogen (secondary N) is 1. The van der Waals surface area contributed by atoms with Crippen LogP contribution in [0.15, 0.2) is 42.6 Å². The Hall–Kier alpha value is -1.91. The van der Waals surface area contributed by atoms with Crippen molar-refractivity contribution in [2.24, 2.45) is 0 Å². The second-order valence-corrected chi connectivity index (χ2v) is 3.94. The number of hydrogen-bond acceptors (Lipinski definition) is 4. The topological polar surface area (TPSA) is 54.4 Å². The molecule has 0 saturated heterocycles. The van der Waals surface area contributed by atoms with Gasteiger partial charge in [0, 0.05) is 18.8 Å². The highest BCUT2D eigenvalue weighted by Crippen LogP contribution is 2.19. The summed E-state index contributed by atoms with van der Waals surface area (Å²) < 4.78 is 5.60. The summed E-state index contributed by atoms with van der Waals surface area (Å²) >= 11 is 0. The number of aromatic nitrogens is 1. The first-order valence-corrected chi connectivity index (χ1v) is 5.79. The largest absolute Gasteiger partial charge is 0.439 e. The Balaban J connectivity index is 2.03. The van der Waals surface area contributed by atoms with E-state index >= 15 is 0 Å². The lowest BCUT2D eigenvalue weighted by Gasteiger charge is -2.06. The Morgan fingerprint density at radius 3 is 2.39 bits per heavy atom. The molecule has 2 aromatic rings. The first-order valence-electron chi connectivity index (χ1n) is 5.79. The van der Waals surface area contributed by atoms with E-state index in [2.05, 4.69) is 10.3 Å². The van der Waals surface area contributed by atoms with Crippen LogP contribution in [0.2, 0.25) is 0 Å². The van der Waals surface area contributed by atoms with Crippen LogP contribution in [0.1, 0.15) is 11.1 Å². The van der Waals surface area contributed by atoms with Crippen molar-refractivity contribution in [2.45, 2.75) is 13.2 Å². The van der Waals surface area contributed by atoms with E-state index in [4.69, 9.17) is 9.84 Å². The van der Waals surface area contributed by atoms with Gasteiger partial charge in [0.15, 0.2) is 0 Å². The van der Waals surface area contributed by atoms with E-state index in [1.807, 2.05) is 43.4 Å². The molecule has 0 fully saturated rings. The Kier molecular flexibility index (Phi) is 4.28. The average Bonchev–Trinajstić information content (AvgIpc) is 2.42. The quantitative estimate of drug-likeness (QED) is 0.845. The van der Waals surface area contributed by atoms with Crippen molar-refractivity contribution in [3.63, 3.8) is 0 Å². The third kappa shape index (κ3) is 3.29. The molecule has 0 aliphatic carbocycles. The summed E-state index contributed by atoms with van der Waals surface area (Å²) in [4.78, 5) is 4.22. The molecule has 0 saturated carbocycles. The molecule has 0 radical (unpaired) electrons. The monoisotopic (exact) mass is 244 g/mol. The maximum Gasteiger partial charge on any atom is 0.219 e. The summed E-state index contributed by atoms with van der Waals surface area (Å²) in [7, 11) is 1.90. The van der Waals surface area contributed by atoms with Crippen LogP contribution in [0.5, 0.6) is 11.6 Å². The summed E-state index contributed by atoms with van der Waals surface area (Å²) in [6.45, 7) is 0.829. The van der Waals surface area contributed by atoms with Crippen LogP contribution in [0.4, 0.5) is 0 Å². The minimum absolute atomic E-state index is 0.0389. The molecule has 0 spiro atoms. The minimum Gasteiger partial charge on any atom is -0.439 e. The molecule has 2 N–H and O–H groups in total. The lowest BCUT2D eigenvalue weighted by molar-refractivity contribution is 0.281. The highest BCUT2D eigenvalue weighted by molar-refractivity contribution is 5.30. The van der Waals surface area contributed by atoms with Gasteiger partial charge in [-0.05, 0) is 30.3 Å². The number of ether oxygens (including phenoxy) is 1. The van der Waals surface area contributed by atoms with Gasteiger partial charge >= 0.3 is 0 Å². The van der Waals surface area contributed by atoms with E-state index in [0.29, 0.717) is 11.6 Å². The molecular formula is C14H16N2O2. The van der Waals surface area contributed by atoms with Crippen LogP contribution in [-0.4, -0.2) is 17.1 Å². The number of aliphatic hydroxyl groups excluding tert-OH is 1. The van der Waals surface area contributed by atoms with Crippen LogP contribution in [0.3, 0.4) is 0 Å². The van der Waals surface area contributed by atoms with E-state index in [1.54, 1.807) is 6.20 Å². The van der Waals surface area contributed by atoms with Gasteiger partial charge in [0.2, 0.25) is 5.88 Å². The lowest BCUT2D eigenvalue weighted by atomic mass is 10.2. The summed E-state index contributed by atoms with van der Waals surface area (Å²) in [5.41, 5.74) is 1.97. The molecule has 0 aliphatic rings. The fourth-order valence-corrected chi connectivity index (χ4v) is 1.56. The third-order valence-corrected chi connectivity index (χ3v) is 2.51. The van der Waals surface area contributed by atoms with E-state index in [9.17, 15) is 0 Å². The van der Waals surface area contributed by atoms with E-state index in [1.165, 1.54) is 0 Å². The molecule has 4 heteroatoms. The summed E-state index contributed by atoms with van der Waals surface area (Å²) in [5.74, 6) is 1.27. The number of benzene rings is 1. The van der Waals surface area contributed by atoms with Crippen molar-refractivity contribution in [3.8, 4) is 11.6 Å². The van der Waals surface area contributed by atoms with Crippen molar-refractivity contribution in [3.05, 3.63) is 53.7 Å². The highest BCUT2D eigenvalue weighted by Gasteiger charge is 1.99. The fraction of sp³-hybridized carbons (Fsp3) is 0.214. The molecule has 4 nitrogen and oxygen atoms in total. The second-order valence-electron chi connectivity index (χ2n) is 3.94. The van der Waals surface area contributed by atoms with Crippen LogP contribution >= 0.6 is 0 Å². The maximum absolute atomic E-state index is 8.94. The van der Waals surface area contributed by atoms with E-state index in [-0.39, 0.29) is 6.61 Å². The first kappa shape index (κ1) is 12.5. The molecule has 0 bridgehead atoms. The van der Waals surface area contributed by atoms with Crippen molar-refractivity contribution in [1.29, 1.82) is 0 Å². The molecule has 0 atom stereocenters. The zero-order chi connectivity index (χ0) is 12.8. The van der Waals surface area contributed by atoms with Crippen LogP contribution in [-0.2, 0) is 13.2 Å². The van der Waals surface area contributed by atoms with Gasteiger partial charge < -0.3 is 15.2 Å². The van der Waals surface area contributed by atoms with Crippen molar-refractivity contribution in [1.82, 2.24) is 10.3 Å². The summed E-state index contributed by atoms with van der Waals surface area (Å²) in [5, 5.41) is 12.0. The van der Waals surface area contributed by atoms with Crippen molar-refractivity contribution < 1.29 is 9.84 Å². The van der Waals surface area contributed by atoms with Gasteiger partial charge in [0.05, 0.1) is 6.61 Å². The first-order chi connectivity index (χ1) is 8.81. The van der Waals surface area contributed by atoms with Crippen molar-refractivity contribution in [2.75, 3.05) is 7.05 Å². The average molecular weight is 244 g/mol. The zero-order valence-electron chi connectivity index (χ0n) is 10.3. The number of pyridine rings is 1. The molecule has 1 heterocycles. The van der Waals surface area contributed by atoms with Gasteiger partial charge in [0.1, 0.15) is 5.75 Å². The Labute approximate surface area is 106 Å². The van der Waals surface area contributed by atoms with E-state index in [0.717, 1.165) is 17.7 Å². The van der Waals surface area contributed by atoms with Gasteiger partial charge in [-0.15, -0.1) is 0 Å². The van der Waals surface area contributed by atoms with Crippen LogP contribution in [0, 0.1) is 0 Å². The predicted molar refractivity (Wildman–Crippen MR) is 69.4 cm³/mol. The zero-order valence-corrected chi connectivity index (χ0v) is 10.3. The molecule has 18 heavy (non-hydrogen) atoms. The summed E-state index contributed by atoms with van der Waals surface area (Å²) in [6, 6.07) is 11.1. The Morgan fingerprint density at radius 2 is 1.83 bits per heavy atom. The predicted octanol–water partition coefficient (Wildman–Crippen LogP) is 2.09. The number of hydrogen-bond donors (Lipinski definition) is 2. The summed E-state index contributed by atoms with van der Waals surface area (Å²) in [6.07, 6.45) is 1.79. The normalized spacial score (nSPS) is 10.3. The van der Waals surface area contributed by atoms with Gasteiger partial charge in [0.25, 0.3) is 0 Å². The van der Waals surface area contributed by atoms with Gasteiger partial charge in [-0.3, -0.25) is 0 Å². The number of nitrogens with zero attached hydrogens (tertiary/aromatic N) is 1. The Bertz CT molecular complexity index is 480. The van der Waals surface area contributed by atoms with Crippen LogP contribution < -0.4 is 10.1 Å². The fourth-order valence-electron chi connectivity index (χ4n) is 1.56. The van der Waals surface area contributed by atoms with Crippen LogP contribution in [0.25, 0.3) is 0 Å². The standard InChI is InChI=1S/C14H16N2O2/c1-15-8-12-4-7-14(16-9-12)18-13-5-2-11(10-17)3-6-13/h2-7,9,15,17H,8,10H2,1H3. The van der Waals surface area contributed by atoms with Gasteiger partial charge in [-0.1, -0.05) is 18.2 Å². The molecule has 0 aliphatic heterocycles. The molecule has 0 amide bonds. The highest BCUT2D eigenvalue weighted by atomic mass is 16.5. The SMILES string of the molecule is CNCc1ccc(Oc2ccc(CO)cc2)nc1. The van der Waals surface area contributed by atoms with Gasteiger partial charge in [-0.25, -0.2) is 4.98 Å². The molecule has 2 rings (SSSR count). The van der Waals surface area contributed by atoms with E-state index < -0.39 is 0 Å². The third-order valence-electron chi connectivity index (χ3n) is 2.51. The lowest BCUT2D eigenvalue weighted by Crippen LogP contribution is -2.05. The maximum atomic E-state index is 8.94. The number of aliphatic hydroxyl groups is 1. The number of rotatable bonds is 5. The molecular weight excluding hydrogens is 228 g/mol. The second kappa shape index (κ2) is 6.14. The molecule has 94 valence electrons. The smallest absolute Gasteiger partial charge is 0.219 e. The Morgan fingerprint density at radius 1 is 1.11 bits per heavy atom. The molecule has 1 aromatic carbocycles. The van der Waals surface area contributed by atoms with Gasteiger partial charge in [-0.2, -0.15) is 0 Å². The van der Waals surface area contributed by atoms with Crippen molar-refractivity contribution >= 4 is 0 Å². The minimum atomic E-state index is 0.0389. The molecule has 1 aromatic heterocycles.